The summed E-state index contributed by atoms with van der Waals surface area (Å²) in [5.74, 6) is 1.26. The van der Waals surface area contributed by atoms with Crippen LogP contribution in [0.3, 0.4) is 0 Å². The number of carbonyl (C=O) groups excluding carboxylic acids is 1. The second-order valence-electron chi connectivity index (χ2n) is 6.45. The Morgan fingerprint density at radius 3 is 3.11 bits per heavy atom. The van der Waals surface area contributed by atoms with Gasteiger partial charge >= 0.3 is 0 Å². The van der Waals surface area contributed by atoms with Crippen LogP contribution in [0.25, 0.3) is 11.3 Å². The molecule has 2 aliphatic rings. The lowest BCUT2D eigenvalue weighted by Crippen LogP contribution is -2.37. The minimum Gasteiger partial charge on any atom is -0.454 e. The molecule has 4 heterocycles. The fourth-order valence-corrected chi connectivity index (χ4v) is 4.01. The van der Waals surface area contributed by atoms with Crippen molar-refractivity contribution in [2.75, 3.05) is 24.8 Å². The van der Waals surface area contributed by atoms with E-state index < -0.39 is 0 Å². The van der Waals surface area contributed by atoms with E-state index in [0.717, 1.165) is 36.0 Å². The van der Waals surface area contributed by atoms with Crippen molar-refractivity contribution in [1.82, 2.24) is 20.5 Å². The number of nitrogens with one attached hydrogen (secondary N) is 2. The molecular formula is C18H17N5O3S. The third-order valence-corrected chi connectivity index (χ3v) is 5.54. The van der Waals surface area contributed by atoms with Crippen LogP contribution in [0.5, 0.6) is 11.5 Å². The van der Waals surface area contributed by atoms with Gasteiger partial charge in [-0.3, -0.25) is 9.89 Å². The average Bonchev–Trinajstić information content (AvgIpc) is 3.47. The second-order valence-corrected chi connectivity index (χ2v) is 7.33. The standard InChI is InChI=1S/C18H17N5O3S/c24-17(20-12-3-5-23(9-12)18-19-4-6-27-18)14-8-13(21-22-14)11-1-2-15-16(7-11)26-10-25-15/h1-2,4,6-8,12H,3,5,9-10H2,(H,20,24)(H,21,22). The molecule has 1 unspecified atom stereocenters. The van der Waals surface area contributed by atoms with Gasteiger partial charge in [0.05, 0.1) is 5.69 Å². The highest BCUT2D eigenvalue weighted by Gasteiger charge is 2.26. The van der Waals surface area contributed by atoms with Crippen LogP contribution in [0.1, 0.15) is 16.9 Å². The van der Waals surface area contributed by atoms with E-state index in [-0.39, 0.29) is 18.7 Å². The van der Waals surface area contributed by atoms with Gasteiger partial charge < -0.3 is 19.7 Å². The van der Waals surface area contributed by atoms with Gasteiger partial charge in [-0.05, 0) is 30.7 Å². The Morgan fingerprint density at radius 1 is 1.30 bits per heavy atom. The SMILES string of the molecule is O=C(NC1CCN(c2nccs2)C1)c1cc(-c2ccc3c(c2)OCO3)n[nH]1. The van der Waals surface area contributed by atoms with E-state index in [2.05, 4.69) is 25.4 Å². The van der Waals surface area contributed by atoms with Gasteiger partial charge in [0.25, 0.3) is 5.91 Å². The summed E-state index contributed by atoms with van der Waals surface area (Å²) in [7, 11) is 0. The Morgan fingerprint density at radius 2 is 2.22 bits per heavy atom. The number of anilines is 1. The summed E-state index contributed by atoms with van der Waals surface area (Å²) >= 11 is 1.61. The molecular weight excluding hydrogens is 366 g/mol. The quantitative estimate of drug-likeness (QED) is 0.718. The van der Waals surface area contributed by atoms with Crippen LogP contribution in [0.2, 0.25) is 0 Å². The monoisotopic (exact) mass is 383 g/mol. The number of carbonyl (C=O) groups is 1. The molecule has 3 aromatic rings. The largest absolute Gasteiger partial charge is 0.454 e. The highest BCUT2D eigenvalue weighted by atomic mass is 32.1. The number of rotatable bonds is 4. The Labute approximate surface area is 159 Å². The lowest BCUT2D eigenvalue weighted by molar-refractivity contribution is 0.0935. The summed E-state index contributed by atoms with van der Waals surface area (Å²) in [5.41, 5.74) is 2.00. The number of aromatic amines is 1. The number of hydrogen-bond donors (Lipinski definition) is 2. The summed E-state index contributed by atoms with van der Waals surface area (Å²) in [6.07, 6.45) is 2.70. The maximum Gasteiger partial charge on any atom is 0.269 e. The number of benzene rings is 1. The Kier molecular flexibility index (Phi) is 3.93. The van der Waals surface area contributed by atoms with Crippen molar-refractivity contribution in [3.8, 4) is 22.8 Å². The topological polar surface area (TPSA) is 92.4 Å². The molecule has 2 N–H and O–H groups in total. The number of amides is 1. The van der Waals surface area contributed by atoms with Gasteiger partial charge in [-0.2, -0.15) is 5.10 Å². The van der Waals surface area contributed by atoms with Crippen LogP contribution in [-0.4, -0.2) is 47.0 Å². The number of ether oxygens (including phenoxy) is 2. The molecule has 0 aliphatic carbocycles. The first-order valence-corrected chi connectivity index (χ1v) is 9.55. The molecule has 27 heavy (non-hydrogen) atoms. The first-order chi connectivity index (χ1) is 13.3. The van der Waals surface area contributed by atoms with Gasteiger partial charge in [-0.1, -0.05) is 0 Å². The minimum absolute atomic E-state index is 0.0960. The van der Waals surface area contributed by atoms with Gasteiger partial charge in [-0.25, -0.2) is 4.98 Å². The van der Waals surface area contributed by atoms with Crippen molar-refractivity contribution in [3.05, 3.63) is 41.5 Å². The first-order valence-electron chi connectivity index (χ1n) is 8.67. The van der Waals surface area contributed by atoms with E-state index in [1.54, 1.807) is 23.6 Å². The maximum absolute atomic E-state index is 12.6. The van der Waals surface area contributed by atoms with Crippen molar-refractivity contribution in [2.24, 2.45) is 0 Å². The lowest BCUT2D eigenvalue weighted by Gasteiger charge is -2.15. The molecule has 2 aromatic heterocycles. The molecule has 8 nitrogen and oxygen atoms in total. The van der Waals surface area contributed by atoms with E-state index in [1.165, 1.54) is 0 Å². The van der Waals surface area contributed by atoms with E-state index >= 15 is 0 Å². The minimum atomic E-state index is -0.152. The van der Waals surface area contributed by atoms with Crippen molar-refractivity contribution >= 4 is 22.4 Å². The normalized spacial score (nSPS) is 18.1. The molecule has 0 spiro atoms. The van der Waals surface area contributed by atoms with E-state index in [1.807, 2.05) is 23.6 Å². The molecule has 1 aromatic carbocycles. The summed E-state index contributed by atoms with van der Waals surface area (Å²) in [6, 6.07) is 7.45. The molecule has 1 fully saturated rings. The predicted octanol–water partition coefficient (Wildman–Crippen LogP) is 2.27. The average molecular weight is 383 g/mol. The van der Waals surface area contributed by atoms with Crippen molar-refractivity contribution < 1.29 is 14.3 Å². The molecule has 2 aliphatic heterocycles. The second kappa shape index (κ2) is 6.58. The number of thiazole rings is 1. The van der Waals surface area contributed by atoms with Crippen molar-refractivity contribution in [2.45, 2.75) is 12.5 Å². The molecule has 0 saturated carbocycles. The Bertz CT molecular complexity index is 971. The van der Waals surface area contributed by atoms with Crippen LogP contribution in [0.4, 0.5) is 5.13 Å². The zero-order valence-electron chi connectivity index (χ0n) is 14.3. The van der Waals surface area contributed by atoms with Crippen LogP contribution in [0, 0.1) is 0 Å². The summed E-state index contributed by atoms with van der Waals surface area (Å²) < 4.78 is 10.7. The third-order valence-electron chi connectivity index (χ3n) is 4.70. The van der Waals surface area contributed by atoms with Gasteiger partial charge in [0.15, 0.2) is 16.6 Å². The molecule has 0 radical (unpaired) electrons. The smallest absolute Gasteiger partial charge is 0.269 e. The molecule has 9 heteroatoms. The van der Waals surface area contributed by atoms with Crippen LogP contribution >= 0.6 is 11.3 Å². The van der Waals surface area contributed by atoms with E-state index in [9.17, 15) is 4.79 Å². The van der Waals surface area contributed by atoms with Gasteiger partial charge in [0.2, 0.25) is 6.79 Å². The number of fused-ring (bicyclic) bond motifs is 1. The first kappa shape index (κ1) is 16.1. The van der Waals surface area contributed by atoms with Gasteiger partial charge in [-0.15, -0.1) is 11.3 Å². The van der Waals surface area contributed by atoms with Crippen molar-refractivity contribution in [3.63, 3.8) is 0 Å². The zero-order valence-corrected chi connectivity index (χ0v) is 15.2. The fraction of sp³-hybridized carbons (Fsp3) is 0.278. The lowest BCUT2D eigenvalue weighted by atomic mass is 10.1. The van der Waals surface area contributed by atoms with Crippen LogP contribution < -0.4 is 19.7 Å². The number of hydrogen-bond acceptors (Lipinski definition) is 7. The van der Waals surface area contributed by atoms with Crippen LogP contribution in [0.15, 0.2) is 35.8 Å². The fourth-order valence-electron chi connectivity index (χ4n) is 3.33. The molecule has 1 saturated heterocycles. The predicted molar refractivity (Wildman–Crippen MR) is 100 cm³/mol. The van der Waals surface area contributed by atoms with E-state index in [4.69, 9.17) is 9.47 Å². The number of H-pyrrole nitrogens is 1. The summed E-state index contributed by atoms with van der Waals surface area (Å²) in [4.78, 5) is 19.1. The maximum atomic E-state index is 12.6. The zero-order chi connectivity index (χ0) is 18.2. The highest BCUT2D eigenvalue weighted by molar-refractivity contribution is 7.13. The number of aromatic nitrogens is 3. The molecule has 1 atom stereocenters. The van der Waals surface area contributed by atoms with Crippen LogP contribution in [-0.2, 0) is 0 Å². The van der Waals surface area contributed by atoms with Gasteiger partial charge in [0.1, 0.15) is 5.69 Å². The van der Waals surface area contributed by atoms with Gasteiger partial charge in [0, 0.05) is 36.3 Å². The molecule has 0 bridgehead atoms. The Hall–Kier alpha value is -3.07. The molecule has 138 valence electrons. The molecule has 1 amide bonds. The Balaban J connectivity index is 1.25. The highest BCUT2D eigenvalue weighted by Crippen LogP contribution is 2.35. The molecule has 5 rings (SSSR count). The van der Waals surface area contributed by atoms with E-state index in [0.29, 0.717) is 17.1 Å². The number of nitrogens with zero attached hydrogens (tertiary/aromatic N) is 3. The van der Waals surface area contributed by atoms with Crippen molar-refractivity contribution in [1.29, 1.82) is 0 Å². The summed E-state index contributed by atoms with van der Waals surface area (Å²) in [5, 5.41) is 13.1. The third kappa shape index (κ3) is 3.10. The summed E-state index contributed by atoms with van der Waals surface area (Å²) in [6.45, 7) is 1.89.